The van der Waals surface area contributed by atoms with Crippen LogP contribution in [0.2, 0.25) is 0 Å². The molecule has 0 aliphatic heterocycles. The molecule has 0 bridgehead atoms. The third kappa shape index (κ3) is 2.99. The van der Waals surface area contributed by atoms with E-state index in [4.69, 9.17) is 0 Å². The van der Waals surface area contributed by atoms with E-state index in [1.165, 1.54) is 0 Å². The second-order valence-corrected chi connectivity index (χ2v) is 4.08. The first kappa shape index (κ1) is 12.6. The number of hydrogen-bond acceptors (Lipinski definition) is 2. The van der Waals surface area contributed by atoms with Crippen LogP contribution in [-0.2, 0) is 0 Å². The molecule has 2 N–H and O–H groups in total. The Labute approximate surface area is 97.2 Å². The van der Waals surface area contributed by atoms with Crippen LogP contribution in [-0.4, -0.2) is 19.0 Å². The minimum absolute atomic E-state index is 0.0117. The average Bonchev–Trinajstić information content (AvgIpc) is 2.28. The first-order chi connectivity index (χ1) is 7.58. The number of anilines is 1. The molecule has 0 aromatic heterocycles. The molecule has 1 amide bonds. The summed E-state index contributed by atoms with van der Waals surface area (Å²) < 4.78 is 0. The Kier molecular flexibility index (Phi) is 4.35. The van der Waals surface area contributed by atoms with Crippen LogP contribution in [0.5, 0.6) is 0 Å². The van der Waals surface area contributed by atoms with E-state index >= 15 is 0 Å². The van der Waals surface area contributed by atoms with Gasteiger partial charge in [-0.3, -0.25) is 4.79 Å². The second-order valence-electron chi connectivity index (χ2n) is 4.08. The summed E-state index contributed by atoms with van der Waals surface area (Å²) in [6.45, 7) is 6.05. The van der Waals surface area contributed by atoms with Gasteiger partial charge in [-0.25, -0.2) is 0 Å². The Bertz CT molecular complexity index is 374. The van der Waals surface area contributed by atoms with Crippen LogP contribution >= 0.6 is 0 Å². The molecule has 1 unspecified atom stereocenters. The predicted molar refractivity (Wildman–Crippen MR) is 67.9 cm³/mol. The van der Waals surface area contributed by atoms with Crippen LogP contribution in [0.3, 0.4) is 0 Å². The normalized spacial score (nSPS) is 12.0. The van der Waals surface area contributed by atoms with Crippen molar-refractivity contribution in [2.75, 3.05) is 12.4 Å². The Morgan fingerprint density at radius 1 is 1.44 bits per heavy atom. The Balaban J connectivity index is 2.93. The van der Waals surface area contributed by atoms with Crippen molar-refractivity contribution in [3.63, 3.8) is 0 Å². The van der Waals surface area contributed by atoms with E-state index in [-0.39, 0.29) is 11.9 Å². The van der Waals surface area contributed by atoms with Crippen molar-refractivity contribution in [1.82, 2.24) is 5.32 Å². The molecule has 0 spiro atoms. The molecule has 0 aliphatic carbocycles. The van der Waals surface area contributed by atoms with Crippen molar-refractivity contribution in [3.8, 4) is 0 Å². The fraction of sp³-hybridized carbons (Fsp3) is 0.462. The van der Waals surface area contributed by atoms with Gasteiger partial charge in [0, 0.05) is 18.8 Å². The molecule has 1 rings (SSSR count). The van der Waals surface area contributed by atoms with Crippen LogP contribution in [0, 0.1) is 6.92 Å². The molecule has 0 heterocycles. The number of nitrogens with one attached hydrogen (secondary N) is 2. The van der Waals surface area contributed by atoms with Gasteiger partial charge in [0.05, 0.1) is 5.56 Å². The Morgan fingerprint density at radius 2 is 2.12 bits per heavy atom. The van der Waals surface area contributed by atoms with Gasteiger partial charge in [-0.2, -0.15) is 0 Å². The summed E-state index contributed by atoms with van der Waals surface area (Å²) >= 11 is 0. The number of amides is 1. The summed E-state index contributed by atoms with van der Waals surface area (Å²) in [5, 5.41) is 6.00. The molecule has 1 aromatic rings. The number of aryl methyl sites for hydroxylation is 1. The smallest absolute Gasteiger partial charge is 0.253 e. The number of rotatable bonds is 4. The first-order valence-electron chi connectivity index (χ1n) is 5.67. The average molecular weight is 220 g/mol. The van der Waals surface area contributed by atoms with Crippen molar-refractivity contribution in [2.24, 2.45) is 0 Å². The molecule has 0 aliphatic rings. The highest BCUT2D eigenvalue weighted by Crippen LogP contribution is 2.16. The Morgan fingerprint density at radius 3 is 2.69 bits per heavy atom. The van der Waals surface area contributed by atoms with Crippen molar-refractivity contribution < 1.29 is 4.79 Å². The topological polar surface area (TPSA) is 41.1 Å². The lowest BCUT2D eigenvalue weighted by Crippen LogP contribution is -2.32. The third-order valence-electron chi connectivity index (χ3n) is 2.68. The molecular weight excluding hydrogens is 200 g/mol. The summed E-state index contributed by atoms with van der Waals surface area (Å²) in [5.41, 5.74) is 2.67. The minimum Gasteiger partial charge on any atom is -0.387 e. The van der Waals surface area contributed by atoms with Crippen molar-refractivity contribution in [1.29, 1.82) is 0 Å². The third-order valence-corrected chi connectivity index (χ3v) is 2.68. The summed E-state index contributed by atoms with van der Waals surface area (Å²) in [5.74, 6) is -0.0117. The molecule has 0 radical (unpaired) electrons. The fourth-order valence-electron chi connectivity index (χ4n) is 1.47. The van der Waals surface area contributed by atoms with E-state index in [0.29, 0.717) is 5.56 Å². The molecule has 1 atom stereocenters. The van der Waals surface area contributed by atoms with E-state index in [9.17, 15) is 4.79 Å². The summed E-state index contributed by atoms with van der Waals surface area (Å²) in [6, 6.07) is 6.04. The minimum atomic E-state index is -0.0117. The second kappa shape index (κ2) is 5.54. The van der Waals surface area contributed by atoms with Crippen molar-refractivity contribution in [2.45, 2.75) is 33.2 Å². The van der Waals surface area contributed by atoms with Gasteiger partial charge >= 0.3 is 0 Å². The fourth-order valence-corrected chi connectivity index (χ4v) is 1.47. The summed E-state index contributed by atoms with van der Waals surface area (Å²) in [4.78, 5) is 12.0. The quantitative estimate of drug-likeness (QED) is 0.818. The Hall–Kier alpha value is -1.51. The zero-order valence-electron chi connectivity index (χ0n) is 10.4. The summed E-state index contributed by atoms with van der Waals surface area (Å²) in [7, 11) is 1.82. The predicted octanol–water partition coefficient (Wildman–Crippen LogP) is 2.57. The molecule has 0 saturated carbocycles. The largest absolute Gasteiger partial charge is 0.387 e. The van der Waals surface area contributed by atoms with Gasteiger partial charge in [-0.1, -0.05) is 18.6 Å². The van der Waals surface area contributed by atoms with Gasteiger partial charge in [-0.15, -0.1) is 0 Å². The monoisotopic (exact) mass is 220 g/mol. The van der Waals surface area contributed by atoms with E-state index in [1.54, 1.807) is 0 Å². The highest BCUT2D eigenvalue weighted by molar-refractivity contribution is 5.99. The van der Waals surface area contributed by atoms with Crippen LogP contribution in [0.25, 0.3) is 0 Å². The number of benzene rings is 1. The van der Waals surface area contributed by atoms with Gasteiger partial charge in [0.2, 0.25) is 0 Å². The molecule has 0 fully saturated rings. The van der Waals surface area contributed by atoms with Gasteiger partial charge in [-0.05, 0) is 32.4 Å². The maximum atomic E-state index is 12.0. The molecule has 0 saturated heterocycles. The van der Waals surface area contributed by atoms with Crippen LogP contribution in [0.1, 0.15) is 36.2 Å². The van der Waals surface area contributed by atoms with Gasteiger partial charge < -0.3 is 10.6 Å². The highest BCUT2D eigenvalue weighted by Gasteiger charge is 2.12. The SMILES string of the molecule is CCC(C)NC(=O)c1cc(C)ccc1NC. The van der Waals surface area contributed by atoms with Gasteiger partial charge in [0.1, 0.15) is 0 Å². The van der Waals surface area contributed by atoms with Gasteiger partial charge in [0.15, 0.2) is 0 Å². The van der Waals surface area contributed by atoms with Crippen molar-refractivity contribution >= 4 is 11.6 Å². The standard InChI is InChI=1S/C13H20N2O/c1-5-10(3)15-13(16)11-8-9(2)6-7-12(11)14-4/h6-8,10,14H,5H2,1-4H3,(H,15,16). The molecule has 1 aromatic carbocycles. The van der Waals surface area contributed by atoms with E-state index in [0.717, 1.165) is 17.7 Å². The molecule has 3 nitrogen and oxygen atoms in total. The van der Waals surface area contributed by atoms with E-state index < -0.39 is 0 Å². The molecule has 16 heavy (non-hydrogen) atoms. The number of hydrogen-bond donors (Lipinski definition) is 2. The van der Waals surface area contributed by atoms with Crippen molar-refractivity contribution in [3.05, 3.63) is 29.3 Å². The zero-order chi connectivity index (χ0) is 12.1. The lowest BCUT2D eigenvalue weighted by molar-refractivity contribution is 0.0940. The van der Waals surface area contributed by atoms with Crippen LogP contribution in [0.15, 0.2) is 18.2 Å². The maximum Gasteiger partial charge on any atom is 0.253 e. The number of carbonyl (C=O) groups is 1. The van der Waals surface area contributed by atoms with Crippen LogP contribution < -0.4 is 10.6 Å². The summed E-state index contributed by atoms with van der Waals surface area (Å²) in [6.07, 6.45) is 0.937. The number of carbonyl (C=O) groups excluding carboxylic acids is 1. The first-order valence-corrected chi connectivity index (χ1v) is 5.67. The maximum absolute atomic E-state index is 12.0. The van der Waals surface area contributed by atoms with Gasteiger partial charge in [0.25, 0.3) is 5.91 Å². The lowest BCUT2D eigenvalue weighted by atomic mass is 10.1. The molecule has 3 heteroatoms. The molecule has 88 valence electrons. The highest BCUT2D eigenvalue weighted by atomic mass is 16.1. The van der Waals surface area contributed by atoms with E-state index in [1.807, 2.05) is 39.1 Å². The molecular formula is C13H20N2O. The van der Waals surface area contributed by atoms with Crippen LogP contribution in [0.4, 0.5) is 5.69 Å². The zero-order valence-corrected chi connectivity index (χ0v) is 10.4. The lowest BCUT2D eigenvalue weighted by Gasteiger charge is -2.14. The van der Waals surface area contributed by atoms with E-state index in [2.05, 4.69) is 17.6 Å².